The first kappa shape index (κ1) is 14.8. The minimum absolute atomic E-state index is 0.772. The Balaban J connectivity index is 0.00000106. The van der Waals surface area contributed by atoms with Crippen LogP contribution in [-0.4, -0.2) is 13.7 Å². The summed E-state index contributed by atoms with van der Waals surface area (Å²) in [5.74, 6) is 1.89. The predicted octanol–water partition coefficient (Wildman–Crippen LogP) is 4.13. The Kier molecular flexibility index (Phi) is 7.44. The molecule has 2 nitrogen and oxygen atoms in total. The standard InChI is InChI=1S/C12H18O2.C2H6/c1-5-6-14-12-9(2)7-11(13-4)8-10(12)3;1-2/h7-8H,5-6H2,1-4H3;1-2H3. The highest BCUT2D eigenvalue weighted by Gasteiger charge is 2.05. The molecule has 0 bridgehead atoms. The topological polar surface area (TPSA) is 18.5 Å². The van der Waals surface area contributed by atoms with Crippen molar-refractivity contribution in [2.24, 2.45) is 0 Å². The molecule has 0 heterocycles. The molecule has 1 rings (SSSR count). The lowest BCUT2D eigenvalue weighted by molar-refractivity contribution is 0.312. The zero-order chi connectivity index (χ0) is 12.6. The molecule has 0 amide bonds. The maximum Gasteiger partial charge on any atom is 0.125 e. The van der Waals surface area contributed by atoms with E-state index in [9.17, 15) is 0 Å². The highest BCUT2D eigenvalue weighted by molar-refractivity contribution is 5.45. The Morgan fingerprint density at radius 2 is 1.56 bits per heavy atom. The van der Waals surface area contributed by atoms with Crippen molar-refractivity contribution in [3.05, 3.63) is 23.3 Å². The van der Waals surface area contributed by atoms with Crippen molar-refractivity contribution in [3.8, 4) is 11.5 Å². The molecule has 2 heteroatoms. The fourth-order valence-electron chi connectivity index (χ4n) is 1.46. The Bertz CT molecular complexity index is 283. The smallest absolute Gasteiger partial charge is 0.125 e. The summed E-state index contributed by atoms with van der Waals surface area (Å²) in [5, 5.41) is 0. The van der Waals surface area contributed by atoms with E-state index in [0.717, 1.165) is 35.7 Å². The van der Waals surface area contributed by atoms with E-state index in [1.807, 2.05) is 39.8 Å². The highest BCUT2D eigenvalue weighted by Crippen LogP contribution is 2.28. The van der Waals surface area contributed by atoms with Gasteiger partial charge < -0.3 is 9.47 Å². The number of aryl methyl sites for hydroxylation is 2. The van der Waals surface area contributed by atoms with Crippen LogP contribution >= 0.6 is 0 Å². The lowest BCUT2D eigenvalue weighted by Crippen LogP contribution is -1.99. The maximum atomic E-state index is 5.66. The van der Waals surface area contributed by atoms with Crippen LogP contribution in [0.2, 0.25) is 0 Å². The van der Waals surface area contributed by atoms with Gasteiger partial charge in [0.15, 0.2) is 0 Å². The molecule has 92 valence electrons. The number of ether oxygens (including phenoxy) is 2. The quantitative estimate of drug-likeness (QED) is 0.765. The van der Waals surface area contributed by atoms with Crippen molar-refractivity contribution < 1.29 is 9.47 Å². The summed E-state index contributed by atoms with van der Waals surface area (Å²) in [5.41, 5.74) is 2.27. The van der Waals surface area contributed by atoms with E-state index >= 15 is 0 Å². The van der Waals surface area contributed by atoms with Gasteiger partial charge in [0.1, 0.15) is 11.5 Å². The van der Waals surface area contributed by atoms with Crippen LogP contribution in [0.1, 0.15) is 38.3 Å². The Morgan fingerprint density at radius 1 is 1.06 bits per heavy atom. The van der Waals surface area contributed by atoms with Gasteiger partial charge in [-0.25, -0.2) is 0 Å². The summed E-state index contributed by atoms with van der Waals surface area (Å²) in [6, 6.07) is 4.00. The molecule has 0 aliphatic heterocycles. The third-order valence-corrected chi connectivity index (χ3v) is 2.12. The van der Waals surface area contributed by atoms with Gasteiger partial charge in [-0.2, -0.15) is 0 Å². The minimum Gasteiger partial charge on any atom is -0.497 e. The molecule has 0 spiro atoms. The second kappa shape index (κ2) is 8.03. The lowest BCUT2D eigenvalue weighted by atomic mass is 10.1. The molecule has 0 unspecified atom stereocenters. The first-order valence-corrected chi connectivity index (χ1v) is 5.97. The molecule has 0 aliphatic rings. The summed E-state index contributed by atoms with van der Waals surface area (Å²) in [6.45, 7) is 11.0. The molecule has 0 atom stereocenters. The summed E-state index contributed by atoms with van der Waals surface area (Å²) in [6.07, 6.45) is 1.03. The van der Waals surface area contributed by atoms with Gasteiger partial charge in [0.2, 0.25) is 0 Å². The molecule has 0 N–H and O–H groups in total. The first-order valence-electron chi connectivity index (χ1n) is 5.97. The zero-order valence-corrected chi connectivity index (χ0v) is 11.4. The Labute approximate surface area is 99.6 Å². The van der Waals surface area contributed by atoms with Crippen molar-refractivity contribution in [1.82, 2.24) is 0 Å². The highest BCUT2D eigenvalue weighted by atomic mass is 16.5. The molecule has 0 aromatic heterocycles. The summed E-state index contributed by atoms with van der Waals surface area (Å²) < 4.78 is 10.8. The van der Waals surface area contributed by atoms with Crippen LogP contribution in [0, 0.1) is 13.8 Å². The van der Waals surface area contributed by atoms with Crippen LogP contribution in [0.3, 0.4) is 0 Å². The van der Waals surface area contributed by atoms with Crippen LogP contribution < -0.4 is 9.47 Å². The summed E-state index contributed by atoms with van der Waals surface area (Å²) in [4.78, 5) is 0. The lowest BCUT2D eigenvalue weighted by Gasteiger charge is -2.12. The largest absolute Gasteiger partial charge is 0.497 e. The number of hydrogen-bond acceptors (Lipinski definition) is 2. The van der Waals surface area contributed by atoms with Crippen LogP contribution in [0.5, 0.6) is 11.5 Å². The fourth-order valence-corrected chi connectivity index (χ4v) is 1.46. The van der Waals surface area contributed by atoms with Gasteiger partial charge in [0.05, 0.1) is 13.7 Å². The summed E-state index contributed by atoms with van der Waals surface area (Å²) in [7, 11) is 1.68. The average Bonchev–Trinajstić information content (AvgIpc) is 2.30. The van der Waals surface area contributed by atoms with Crippen molar-refractivity contribution in [3.63, 3.8) is 0 Å². The minimum atomic E-state index is 0.772. The molecular weight excluding hydrogens is 200 g/mol. The van der Waals surface area contributed by atoms with E-state index in [1.165, 1.54) is 0 Å². The second-order valence-electron chi connectivity index (χ2n) is 3.44. The van der Waals surface area contributed by atoms with Crippen molar-refractivity contribution in [2.45, 2.75) is 41.0 Å². The van der Waals surface area contributed by atoms with Crippen LogP contribution in [0.15, 0.2) is 12.1 Å². The first-order chi connectivity index (χ1) is 7.69. The average molecular weight is 224 g/mol. The Morgan fingerprint density at radius 3 is 1.94 bits per heavy atom. The van der Waals surface area contributed by atoms with Crippen molar-refractivity contribution >= 4 is 0 Å². The summed E-state index contributed by atoms with van der Waals surface area (Å²) >= 11 is 0. The predicted molar refractivity (Wildman–Crippen MR) is 69.6 cm³/mol. The fraction of sp³-hybridized carbons (Fsp3) is 0.571. The van der Waals surface area contributed by atoms with Gasteiger partial charge in [-0.3, -0.25) is 0 Å². The van der Waals surface area contributed by atoms with E-state index in [2.05, 4.69) is 6.92 Å². The second-order valence-corrected chi connectivity index (χ2v) is 3.44. The number of hydrogen-bond donors (Lipinski definition) is 0. The maximum absolute atomic E-state index is 5.66. The van der Waals surface area contributed by atoms with Crippen LogP contribution in [-0.2, 0) is 0 Å². The number of methoxy groups -OCH3 is 1. The van der Waals surface area contributed by atoms with Gasteiger partial charge in [-0.15, -0.1) is 0 Å². The monoisotopic (exact) mass is 224 g/mol. The molecule has 0 saturated heterocycles. The molecule has 16 heavy (non-hydrogen) atoms. The molecule has 1 aromatic rings. The Hall–Kier alpha value is -1.18. The van der Waals surface area contributed by atoms with Gasteiger partial charge >= 0.3 is 0 Å². The van der Waals surface area contributed by atoms with E-state index in [4.69, 9.17) is 9.47 Å². The van der Waals surface area contributed by atoms with E-state index in [0.29, 0.717) is 0 Å². The molecule has 0 aliphatic carbocycles. The van der Waals surface area contributed by atoms with Gasteiger partial charge in [-0.05, 0) is 43.5 Å². The number of rotatable bonds is 4. The molecule has 0 fully saturated rings. The number of benzene rings is 1. The van der Waals surface area contributed by atoms with Gasteiger partial charge in [0.25, 0.3) is 0 Å². The van der Waals surface area contributed by atoms with E-state index < -0.39 is 0 Å². The SMILES string of the molecule is CC.CCCOc1c(C)cc(OC)cc1C. The van der Waals surface area contributed by atoms with Gasteiger partial charge in [-0.1, -0.05) is 20.8 Å². The molecule has 0 saturated carbocycles. The molecular formula is C14H24O2. The van der Waals surface area contributed by atoms with E-state index in [1.54, 1.807) is 7.11 Å². The normalized spacial score (nSPS) is 9.12. The third kappa shape index (κ3) is 4.13. The van der Waals surface area contributed by atoms with Crippen LogP contribution in [0.25, 0.3) is 0 Å². The van der Waals surface area contributed by atoms with Crippen LogP contribution in [0.4, 0.5) is 0 Å². The van der Waals surface area contributed by atoms with Crippen molar-refractivity contribution in [2.75, 3.05) is 13.7 Å². The molecule has 0 radical (unpaired) electrons. The zero-order valence-electron chi connectivity index (χ0n) is 11.4. The van der Waals surface area contributed by atoms with E-state index in [-0.39, 0.29) is 0 Å². The van der Waals surface area contributed by atoms with Gasteiger partial charge in [0, 0.05) is 0 Å². The third-order valence-electron chi connectivity index (χ3n) is 2.12. The van der Waals surface area contributed by atoms with Crippen molar-refractivity contribution in [1.29, 1.82) is 0 Å². The molecule has 1 aromatic carbocycles.